The second-order valence-corrected chi connectivity index (χ2v) is 6.59. The molecule has 4 aromatic rings. The van der Waals surface area contributed by atoms with Crippen LogP contribution in [0.25, 0.3) is 17.0 Å². The molecule has 0 amide bonds. The minimum absolute atomic E-state index is 0.179. The maximum atomic E-state index is 14.1. The first-order valence-corrected chi connectivity index (χ1v) is 8.91. The van der Waals surface area contributed by atoms with Gasteiger partial charge < -0.3 is 5.32 Å². The summed E-state index contributed by atoms with van der Waals surface area (Å²) in [6.07, 6.45) is 0.933. The van der Waals surface area contributed by atoms with Crippen LogP contribution in [-0.4, -0.2) is 19.8 Å². The lowest BCUT2D eigenvalue weighted by atomic mass is 10.2. The molecule has 0 bridgehead atoms. The Morgan fingerprint density at radius 3 is 2.76 bits per heavy atom. The predicted molar refractivity (Wildman–Crippen MR) is 97.1 cm³/mol. The van der Waals surface area contributed by atoms with E-state index in [1.165, 1.54) is 10.9 Å². The summed E-state index contributed by atoms with van der Waals surface area (Å²) in [5.41, 5.74) is 0.956. The smallest absolute Gasteiger partial charge is 0.188 e. The van der Waals surface area contributed by atoms with Crippen molar-refractivity contribution in [3.8, 4) is 11.4 Å². The summed E-state index contributed by atoms with van der Waals surface area (Å²) in [6.45, 7) is 2.12. The van der Waals surface area contributed by atoms with E-state index in [2.05, 4.69) is 39.0 Å². The van der Waals surface area contributed by atoms with Crippen LogP contribution in [-0.2, 0) is 0 Å². The van der Waals surface area contributed by atoms with Gasteiger partial charge in [-0.2, -0.15) is 4.52 Å². The van der Waals surface area contributed by atoms with E-state index in [-0.39, 0.29) is 11.9 Å². The molecule has 25 heavy (non-hydrogen) atoms. The summed E-state index contributed by atoms with van der Waals surface area (Å²) in [5, 5.41) is 18.3. The maximum Gasteiger partial charge on any atom is 0.188 e. The molecule has 0 spiro atoms. The standard InChI is InChI=1S/C18H16FN5S/c1-2-14(15-8-5-11-25-15)20-16-9-10-17-21-22-18(24(17)23-16)12-6-3-4-7-13(12)19/h3-11,14H,2H2,1H3,(H,20,23). The van der Waals surface area contributed by atoms with Crippen LogP contribution in [0.15, 0.2) is 53.9 Å². The van der Waals surface area contributed by atoms with Crippen molar-refractivity contribution in [2.24, 2.45) is 0 Å². The number of nitrogens with one attached hydrogen (secondary N) is 1. The molecule has 1 aromatic carbocycles. The second-order valence-electron chi connectivity index (χ2n) is 5.61. The lowest BCUT2D eigenvalue weighted by Gasteiger charge is -2.16. The first kappa shape index (κ1) is 15.7. The number of fused-ring (bicyclic) bond motifs is 1. The number of anilines is 1. The van der Waals surface area contributed by atoms with Crippen LogP contribution in [0.1, 0.15) is 24.3 Å². The van der Waals surface area contributed by atoms with E-state index in [9.17, 15) is 4.39 Å². The first-order chi connectivity index (χ1) is 12.3. The molecule has 1 unspecified atom stereocenters. The fourth-order valence-corrected chi connectivity index (χ4v) is 3.58. The average Bonchev–Trinajstić information content (AvgIpc) is 3.30. The zero-order chi connectivity index (χ0) is 17.2. The van der Waals surface area contributed by atoms with Crippen molar-refractivity contribution < 1.29 is 4.39 Å². The molecule has 1 N–H and O–H groups in total. The number of rotatable bonds is 5. The number of hydrogen-bond donors (Lipinski definition) is 1. The summed E-state index contributed by atoms with van der Waals surface area (Å²) >= 11 is 1.71. The Kier molecular flexibility index (Phi) is 4.15. The second kappa shape index (κ2) is 6.60. The lowest BCUT2D eigenvalue weighted by Crippen LogP contribution is -2.11. The molecular formula is C18H16FN5S. The van der Waals surface area contributed by atoms with Gasteiger partial charge in [0.15, 0.2) is 11.5 Å². The van der Waals surface area contributed by atoms with E-state index in [1.54, 1.807) is 34.1 Å². The van der Waals surface area contributed by atoms with Crippen LogP contribution in [0.5, 0.6) is 0 Å². The van der Waals surface area contributed by atoms with Crippen LogP contribution in [0, 0.1) is 5.82 Å². The number of halogens is 1. The molecule has 126 valence electrons. The van der Waals surface area contributed by atoms with E-state index >= 15 is 0 Å². The molecule has 3 aromatic heterocycles. The van der Waals surface area contributed by atoms with Crippen molar-refractivity contribution in [1.82, 2.24) is 19.8 Å². The molecule has 0 radical (unpaired) electrons. The minimum Gasteiger partial charge on any atom is -0.361 e. The van der Waals surface area contributed by atoms with Crippen molar-refractivity contribution >= 4 is 22.8 Å². The number of thiophene rings is 1. The zero-order valence-corrected chi connectivity index (χ0v) is 14.4. The van der Waals surface area contributed by atoms with Gasteiger partial charge in [0, 0.05) is 4.88 Å². The lowest BCUT2D eigenvalue weighted by molar-refractivity contribution is 0.629. The fraction of sp³-hybridized carbons (Fsp3) is 0.167. The Hall–Kier alpha value is -2.80. The molecule has 0 aliphatic carbocycles. The van der Waals surface area contributed by atoms with Crippen molar-refractivity contribution in [3.63, 3.8) is 0 Å². The molecule has 3 heterocycles. The molecule has 0 aliphatic heterocycles. The van der Waals surface area contributed by atoms with Gasteiger partial charge in [0.1, 0.15) is 11.6 Å². The Labute approximate surface area is 148 Å². The van der Waals surface area contributed by atoms with Crippen LogP contribution in [0.2, 0.25) is 0 Å². The number of aromatic nitrogens is 4. The van der Waals surface area contributed by atoms with Gasteiger partial charge in [-0.25, -0.2) is 4.39 Å². The summed E-state index contributed by atoms with van der Waals surface area (Å²) in [5.74, 6) is 0.744. The highest BCUT2D eigenvalue weighted by atomic mass is 32.1. The van der Waals surface area contributed by atoms with E-state index in [0.717, 1.165) is 6.42 Å². The van der Waals surface area contributed by atoms with Gasteiger partial charge in [0.2, 0.25) is 0 Å². The maximum absolute atomic E-state index is 14.1. The highest BCUT2D eigenvalue weighted by molar-refractivity contribution is 7.10. The summed E-state index contributed by atoms with van der Waals surface area (Å²) in [7, 11) is 0. The molecule has 4 rings (SSSR count). The van der Waals surface area contributed by atoms with E-state index in [1.807, 2.05) is 18.2 Å². The number of benzene rings is 1. The van der Waals surface area contributed by atoms with Crippen LogP contribution >= 0.6 is 11.3 Å². The summed E-state index contributed by atoms with van der Waals surface area (Å²) in [6, 6.07) is 14.5. The molecule has 5 nitrogen and oxygen atoms in total. The number of hydrogen-bond acceptors (Lipinski definition) is 5. The molecule has 0 saturated carbocycles. The van der Waals surface area contributed by atoms with E-state index in [4.69, 9.17) is 0 Å². The molecule has 0 saturated heterocycles. The highest BCUT2D eigenvalue weighted by Crippen LogP contribution is 2.26. The Morgan fingerprint density at radius 2 is 2.00 bits per heavy atom. The van der Waals surface area contributed by atoms with Gasteiger partial charge in [0.25, 0.3) is 0 Å². The fourth-order valence-electron chi connectivity index (χ4n) is 2.72. The molecular weight excluding hydrogens is 337 g/mol. The van der Waals surface area contributed by atoms with Gasteiger partial charge in [-0.1, -0.05) is 25.1 Å². The first-order valence-electron chi connectivity index (χ1n) is 8.03. The highest BCUT2D eigenvalue weighted by Gasteiger charge is 2.15. The van der Waals surface area contributed by atoms with Gasteiger partial charge in [-0.05, 0) is 42.1 Å². The predicted octanol–water partition coefficient (Wildman–Crippen LogP) is 4.56. The topological polar surface area (TPSA) is 55.1 Å². The normalized spacial score (nSPS) is 12.4. The third kappa shape index (κ3) is 2.98. The monoisotopic (exact) mass is 353 g/mol. The minimum atomic E-state index is -0.345. The SMILES string of the molecule is CCC(Nc1ccc2nnc(-c3ccccc3F)n2n1)c1cccs1. The van der Waals surface area contributed by atoms with Crippen molar-refractivity contribution in [1.29, 1.82) is 0 Å². The summed E-state index contributed by atoms with van der Waals surface area (Å²) < 4.78 is 15.7. The van der Waals surface area contributed by atoms with Crippen LogP contribution < -0.4 is 5.32 Å². The quantitative estimate of drug-likeness (QED) is 0.572. The molecule has 7 heteroatoms. The van der Waals surface area contributed by atoms with Crippen molar-refractivity contribution in [2.75, 3.05) is 5.32 Å². The molecule has 0 aliphatic rings. The van der Waals surface area contributed by atoms with Gasteiger partial charge in [0.05, 0.1) is 11.6 Å². The van der Waals surface area contributed by atoms with Crippen LogP contribution in [0.4, 0.5) is 10.2 Å². The van der Waals surface area contributed by atoms with Crippen LogP contribution in [0.3, 0.4) is 0 Å². The van der Waals surface area contributed by atoms with E-state index in [0.29, 0.717) is 22.9 Å². The largest absolute Gasteiger partial charge is 0.361 e. The van der Waals surface area contributed by atoms with Crippen molar-refractivity contribution in [3.05, 3.63) is 64.6 Å². The van der Waals surface area contributed by atoms with Gasteiger partial charge in [-0.15, -0.1) is 26.6 Å². The summed E-state index contributed by atoms with van der Waals surface area (Å²) in [4.78, 5) is 1.25. The average molecular weight is 353 g/mol. The third-order valence-corrected chi connectivity index (χ3v) is 4.98. The molecule has 0 fully saturated rings. The third-order valence-electron chi connectivity index (χ3n) is 3.99. The molecule has 1 atom stereocenters. The zero-order valence-electron chi connectivity index (χ0n) is 13.6. The number of nitrogens with zero attached hydrogens (tertiary/aromatic N) is 4. The Bertz CT molecular complexity index is 996. The Morgan fingerprint density at radius 1 is 1.12 bits per heavy atom. The van der Waals surface area contributed by atoms with Gasteiger partial charge >= 0.3 is 0 Å². The van der Waals surface area contributed by atoms with Crippen molar-refractivity contribution in [2.45, 2.75) is 19.4 Å². The Balaban J connectivity index is 1.72. The van der Waals surface area contributed by atoms with Gasteiger partial charge in [-0.3, -0.25) is 0 Å². The van der Waals surface area contributed by atoms with E-state index < -0.39 is 0 Å².